The number of carbonyl (C=O) groups excluding carboxylic acids is 3. The SMILES string of the molecule is CNC(=O)c1nc(NC(=O)N2C[C@@H](C(F)(F)F)c3cc(F)c(F)cc32)c2n1CC(=O)N[C@H]2c1cc(F)ccc1Cl. The number of benzene rings is 2. The Morgan fingerprint density at radius 1 is 1.10 bits per heavy atom. The van der Waals surface area contributed by atoms with Crippen molar-refractivity contribution < 1.29 is 40.7 Å². The molecule has 4 amide bonds. The van der Waals surface area contributed by atoms with Gasteiger partial charge in [-0.25, -0.2) is 22.9 Å². The Hall–Kier alpha value is -4.27. The number of urea groups is 1. The van der Waals surface area contributed by atoms with E-state index < -0.39 is 77.8 Å². The summed E-state index contributed by atoms with van der Waals surface area (Å²) in [6, 6.07) is 1.70. The monoisotopic (exact) mass is 586 g/mol. The summed E-state index contributed by atoms with van der Waals surface area (Å²) in [5, 5.41) is 7.23. The molecule has 210 valence electrons. The van der Waals surface area contributed by atoms with Gasteiger partial charge in [0.05, 0.1) is 17.4 Å². The molecule has 3 heterocycles. The highest BCUT2D eigenvalue weighted by molar-refractivity contribution is 6.31. The minimum Gasteiger partial charge on any atom is -0.352 e. The molecule has 3 N–H and O–H groups in total. The van der Waals surface area contributed by atoms with Crippen molar-refractivity contribution in [2.45, 2.75) is 24.7 Å². The number of hydrogen-bond donors (Lipinski definition) is 3. The number of halogens is 7. The van der Waals surface area contributed by atoms with Crippen LogP contribution in [0.5, 0.6) is 0 Å². The van der Waals surface area contributed by atoms with Crippen molar-refractivity contribution >= 4 is 41.0 Å². The van der Waals surface area contributed by atoms with E-state index in [0.717, 1.165) is 16.7 Å². The van der Waals surface area contributed by atoms with E-state index >= 15 is 0 Å². The van der Waals surface area contributed by atoms with Gasteiger partial charge in [0.25, 0.3) is 5.91 Å². The first-order chi connectivity index (χ1) is 18.8. The van der Waals surface area contributed by atoms with Crippen molar-refractivity contribution in [3.05, 3.63) is 75.5 Å². The van der Waals surface area contributed by atoms with Gasteiger partial charge in [-0.2, -0.15) is 13.2 Å². The van der Waals surface area contributed by atoms with Crippen LogP contribution < -0.4 is 20.9 Å². The van der Waals surface area contributed by atoms with Crippen LogP contribution in [0.3, 0.4) is 0 Å². The summed E-state index contributed by atoms with van der Waals surface area (Å²) in [4.78, 5) is 43.1. The number of carbonyl (C=O) groups is 3. The van der Waals surface area contributed by atoms with Crippen LogP contribution in [0.2, 0.25) is 5.02 Å². The molecular formula is C24H17ClF6N6O3. The molecule has 0 saturated carbocycles. The van der Waals surface area contributed by atoms with Crippen LogP contribution in [0.15, 0.2) is 30.3 Å². The summed E-state index contributed by atoms with van der Waals surface area (Å²) in [5.41, 5.74) is -1.15. The number of imidazole rings is 1. The van der Waals surface area contributed by atoms with E-state index in [1.54, 1.807) is 0 Å². The van der Waals surface area contributed by atoms with Gasteiger partial charge >= 0.3 is 12.2 Å². The van der Waals surface area contributed by atoms with Gasteiger partial charge in [-0.05, 0) is 29.8 Å². The summed E-state index contributed by atoms with van der Waals surface area (Å²) in [6.07, 6.45) is -4.89. The third-order valence-corrected chi connectivity index (χ3v) is 6.90. The summed E-state index contributed by atoms with van der Waals surface area (Å²) in [7, 11) is 1.28. The normalized spacial score (nSPS) is 18.2. The summed E-state index contributed by atoms with van der Waals surface area (Å²) in [5.74, 6) is -8.11. The van der Waals surface area contributed by atoms with Crippen molar-refractivity contribution in [2.24, 2.45) is 0 Å². The summed E-state index contributed by atoms with van der Waals surface area (Å²) < 4.78 is 84.3. The van der Waals surface area contributed by atoms with Crippen LogP contribution in [-0.4, -0.2) is 47.2 Å². The minimum atomic E-state index is -4.89. The molecule has 9 nitrogen and oxygen atoms in total. The number of nitrogens with one attached hydrogen (secondary N) is 3. The number of nitrogens with zero attached hydrogens (tertiary/aromatic N) is 3. The molecule has 3 aromatic rings. The molecule has 0 aliphatic carbocycles. The number of alkyl halides is 3. The van der Waals surface area contributed by atoms with E-state index in [1.807, 2.05) is 0 Å². The maximum absolute atomic E-state index is 14.1. The largest absolute Gasteiger partial charge is 0.397 e. The zero-order valence-corrected chi connectivity index (χ0v) is 20.9. The standard InChI is InChI=1S/C24H17ClF6N6O3/c1-32-22(39)21-34-20(19-18(33-17(38)8-37(19)21)11-4-9(26)2-3-13(11)25)35-23(40)36-7-12(24(29,30)31)10-5-14(27)15(28)6-16(10)36/h2-6,12,18H,7-8H2,1H3,(H,32,39)(H,33,38)(H,35,40)/t12-,18+/m1/s1. The van der Waals surface area contributed by atoms with Gasteiger partial charge in [0.2, 0.25) is 11.7 Å². The van der Waals surface area contributed by atoms with Gasteiger partial charge in [-0.1, -0.05) is 11.6 Å². The van der Waals surface area contributed by atoms with Crippen LogP contribution >= 0.6 is 11.6 Å². The molecule has 2 aliphatic rings. The summed E-state index contributed by atoms with van der Waals surface area (Å²) in [6.45, 7) is -1.45. The van der Waals surface area contributed by atoms with Gasteiger partial charge < -0.3 is 15.2 Å². The Morgan fingerprint density at radius 3 is 2.48 bits per heavy atom. The molecule has 2 atom stereocenters. The Balaban J connectivity index is 1.60. The second-order valence-corrected chi connectivity index (χ2v) is 9.37. The lowest BCUT2D eigenvalue weighted by molar-refractivity contribution is -0.146. The quantitative estimate of drug-likeness (QED) is 0.399. The lowest BCUT2D eigenvalue weighted by Gasteiger charge is -2.28. The highest BCUT2D eigenvalue weighted by atomic mass is 35.5. The predicted octanol–water partition coefficient (Wildman–Crippen LogP) is 4.23. The Labute approximate surface area is 226 Å². The Bertz CT molecular complexity index is 1580. The van der Waals surface area contributed by atoms with Gasteiger partial charge in [0.1, 0.15) is 18.3 Å². The van der Waals surface area contributed by atoms with Gasteiger partial charge in [0.15, 0.2) is 17.5 Å². The molecule has 2 aromatic carbocycles. The third kappa shape index (κ3) is 4.59. The fourth-order valence-corrected chi connectivity index (χ4v) is 4.99. The molecule has 0 spiro atoms. The van der Waals surface area contributed by atoms with Gasteiger partial charge in [-0.15, -0.1) is 0 Å². The zero-order valence-electron chi connectivity index (χ0n) is 20.2. The molecule has 0 radical (unpaired) electrons. The van der Waals surface area contributed by atoms with Gasteiger partial charge in [0, 0.05) is 30.2 Å². The number of fused-ring (bicyclic) bond motifs is 2. The lowest BCUT2D eigenvalue weighted by Crippen LogP contribution is -2.41. The fraction of sp³-hybridized carbons (Fsp3) is 0.250. The fourth-order valence-electron chi connectivity index (χ4n) is 4.76. The average molecular weight is 587 g/mol. The van der Waals surface area contributed by atoms with Crippen LogP contribution in [-0.2, 0) is 11.3 Å². The molecule has 0 fully saturated rings. The number of anilines is 2. The highest BCUT2D eigenvalue weighted by Gasteiger charge is 2.49. The van der Waals surface area contributed by atoms with Crippen molar-refractivity contribution in [3.8, 4) is 0 Å². The smallest absolute Gasteiger partial charge is 0.352 e. The Morgan fingerprint density at radius 2 is 1.80 bits per heavy atom. The molecule has 0 saturated heterocycles. The van der Waals surface area contributed by atoms with E-state index in [0.29, 0.717) is 17.0 Å². The van der Waals surface area contributed by atoms with E-state index in [1.165, 1.54) is 13.1 Å². The van der Waals surface area contributed by atoms with Crippen molar-refractivity contribution in [3.63, 3.8) is 0 Å². The van der Waals surface area contributed by atoms with Crippen LogP contribution in [0.25, 0.3) is 0 Å². The van der Waals surface area contributed by atoms with Crippen molar-refractivity contribution in [2.75, 3.05) is 23.8 Å². The maximum atomic E-state index is 14.1. The first-order valence-corrected chi connectivity index (χ1v) is 11.9. The first kappa shape index (κ1) is 27.3. The van der Waals surface area contributed by atoms with Crippen molar-refractivity contribution in [1.82, 2.24) is 20.2 Å². The molecule has 2 aliphatic heterocycles. The third-order valence-electron chi connectivity index (χ3n) is 6.55. The summed E-state index contributed by atoms with van der Waals surface area (Å²) >= 11 is 6.25. The van der Waals surface area contributed by atoms with Crippen LogP contribution in [0, 0.1) is 17.5 Å². The molecule has 5 rings (SSSR count). The number of rotatable bonds is 3. The maximum Gasteiger partial charge on any atom is 0.397 e. The van der Waals surface area contributed by atoms with Gasteiger partial charge in [-0.3, -0.25) is 19.8 Å². The zero-order chi connectivity index (χ0) is 29.1. The van der Waals surface area contributed by atoms with E-state index in [-0.39, 0.29) is 27.9 Å². The molecule has 1 aromatic heterocycles. The van der Waals surface area contributed by atoms with E-state index in [4.69, 9.17) is 11.6 Å². The van der Waals surface area contributed by atoms with Crippen LogP contribution in [0.1, 0.15) is 39.4 Å². The minimum absolute atomic E-state index is 0.0131. The molecule has 16 heteroatoms. The average Bonchev–Trinajstić information content (AvgIpc) is 3.43. The number of hydrogen-bond acceptors (Lipinski definition) is 4. The number of aromatic nitrogens is 2. The lowest BCUT2D eigenvalue weighted by atomic mass is 10.0. The topological polar surface area (TPSA) is 108 Å². The molecule has 0 bridgehead atoms. The second kappa shape index (κ2) is 9.73. The molecular weight excluding hydrogens is 570 g/mol. The van der Waals surface area contributed by atoms with Crippen LogP contribution in [0.4, 0.5) is 42.6 Å². The number of amides is 4. The van der Waals surface area contributed by atoms with E-state index in [2.05, 4.69) is 20.9 Å². The highest BCUT2D eigenvalue weighted by Crippen LogP contribution is 2.46. The van der Waals surface area contributed by atoms with E-state index in [9.17, 15) is 40.7 Å². The first-order valence-electron chi connectivity index (χ1n) is 11.5. The van der Waals surface area contributed by atoms with Crippen molar-refractivity contribution in [1.29, 1.82) is 0 Å². The second-order valence-electron chi connectivity index (χ2n) is 8.96. The molecule has 40 heavy (non-hydrogen) atoms. The molecule has 0 unspecified atom stereocenters. The predicted molar refractivity (Wildman–Crippen MR) is 129 cm³/mol. The Kier molecular flexibility index (Phi) is 6.64.